The van der Waals surface area contributed by atoms with Gasteiger partial charge in [0.15, 0.2) is 0 Å². The highest BCUT2D eigenvalue weighted by Crippen LogP contribution is 2.34. The van der Waals surface area contributed by atoms with Crippen molar-refractivity contribution in [3.05, 3.63) is 35.6 Å². The lowest BCUT2D eigenvalue weighted by molar-refractivity contribution is 0.166. The molecule has 1 aromatic rings. The summed E-state index contributed by atoms with van der Waals surface area (Å²) in [6, 6.07) is 8.77. The van der Waals surface area contributed by atoms with Crippen LogP contribution in [0.3, 0.4) is 0 Å². The molecular weight excluding hydrogens is 251 g/mol. The second-order valence-electron chi connectivity index (χ2n) is 6.30. The SMILES string of the molecule is CC(c1ccc(F)cc1)N(CC1CCCCN1)C1CC1. The van der Waals surface area contributed by atoms with E-state index in [-0.39, 0.29) is 5.82 Å². The lowest BCUT2D eigenvalue weighted by Gasteiger charge is -2.35. The van der Waals surface area contributed by atoms with Gasteiger partial charge in [0.05, 0.1) is 0 Å². The molecule has 2 nitrogen and oxygen atoms in total. The molecule has 1 heterocycles. The number of hydrogen-bond acceptors (Lipinski definition) is 2. The Balaban J connectivity index is 1.67. The van der Waals surface area contributed by atoms with Crippen molar-refractivity contribution in [2.45, 2.75) is 57.2 Å². The monoisotopic (exact) mass is 276 g/mol. The van der Waals surface area contributed by atoms with Crippen LogP contribution >= 0.6 is 0 Å². The van der Waals surface area contributed by atoms with Gasteiger partial charge in [-0.3, -0.25) is 4.90 Å². The third kappa shape index (κ3) is 3.39. The molecule has 2 unspecified atom stereocenters. The summed E-state index contributed by atoms with van der Waals surface area (Å²) in [4.78, 5) is 2.62. The molecule has 0 radical (unpaired) electrons. The van der Waals surface area contributed by atoms with Crippen LogP contribution in [0.4, 0.5) is 4.39 Å². The zero-order valence-electron chi connectivity index (χ0n) is 12.3. The summed E-state index contributed by atoms with van der Waals surface area (Å²) in [6.45, 7) is 4.55. The van der Waals surface area contributed by atoms with E-state index >= 15 is 0 Å². The maximum Gasteiger partial charge on any atom is 0.123 e. The largest absolute Gasteiger partial charge is 0.313 e. The highest BCUT2D eigenvalue weighted by atomic mass is 19.1. The standard InChI is InChI=1S/C17H25FN2/c1-13(14-5-7-15(18)8-6-14)20(17-9-10-17)12-16-4-2-3-11-19-16/h5-8,13,16-17,19H,2-4,9-12H2,1H3. The fourth-order valence-corrected chi connectivity index (χ4v) is 3.30. The van der Waals surface area contributed by atoms with Crippen LogP contribution in [0.2, 0.25) is 0 Å². The Morgan fingerprint density at radius 3 is 2.55 bits per heavy atom. The molecule has 1 aliphatic carbocycles. The van der Waals surface area contributed by atoms with Gasteiger partial charge in [-0.15, -0.1) is 0 Å². The molecule has 0 aromatic heterocycles. The summed E-state index contributed by atoms with van der Waals surface area (Å²) >= 11 is 0. The summed E-state index contributed by atoms with van der Waals surface area (Å²) in [6.07, 6.45) is 6.59. The number of nitrogens with zero attached hydrogens (tertiary/aromatic N) is 1. The van der Waals surface area contributed by atoms with Crippen LogP contribution in [0, 0.1) is 5.82 Å². The lowest BCUT2D eigenvalue weighted by atomic mass is 10.0. The quantitative estimate of drug-likeness (QED) is 0.885. The van der Waals surface area contributed by atoms with E-state index in [1.807, 2.05) is 12.1 Å². The molecular formula is C17H25FN2. The molecule has 0 amide bonds. The van der Waals surface area contributed by atoms with Gasteiger partial charge in [-0.25, -0.2) is 4.39 Å². The molecule has 2 atom stereocenters. The van der Waals surface area contributed by atoms with E-state index in [4.69, 9.17) is 0 Å². The van der Waals surface area contributed by atoms with Crippen molar-refractivity contribution >= 4 is 0 Å². The first-order chi connectivity index (χ1) is 9.74. The number of nitrogens with one attached hydrogen (secondary N) is 1. The van der Waals surface area contributed by atoms with Gasteiger partial charge in [-0.05, 0) is 56.8 Å². The molecule has 3 heteroatoms. The van der Waals surface area contributed by atoms with E-state index in [2.05, 4.69) is 17.1 Å². The van der Waals surface area contributed by atoms with E-state index in [1.165, 1.54) is 37.7 Å². The minimum absolute atomic E-state index is 0.145. The Kier molecular flexibility index (Phi) is 4.37. The molecule has 1 aliphatic heterocycles. The zero-order valence-corrected chi connectivity index (χ0v) is 12.3. The highest BCUT2D eigenvalue weighted by molar-refractivity contribution is 5.20. The predicted molar refractivity (Wildman–Crippen MR) is 80.2 cm³/mol. The maximum atomic E-state index is 13.1. The van der Waals surface area contributed by atoms with Gasteiger partial charge in [-0.1, -0.05) is 18.6 Å². The molecule has 1 saturated heterocycles. The van der Waals surface area contributed by atoms with E-state index < -0.39 is 0 Å². The Morgan fingerprint density at radius 2 is 1.95 bits per heavy atom. The van der Waals surface area contributed by atoms with Gasteiger partial charge in [0.25, 0.3) is 0 Å². The van der Waals surface area contributed by atoms with Crippen LogP contribution in [0.25, 0.3) is 0 Å². The van der Waals surface area contributed by atoms with Gasteiger partial charge >= 0.3 is 0 Å². The van der Waals surface area contributed by atoms with Crippen molar-refractivity contribution in [2.75, 3.05) is 13.1 Å². The molecule has 1 aromatic carbocycles. The van der Waals surface area contributed by atoms with Crippen molar-refractivity contribution in [1.29, 1.82) is 0 Å². The molecule has 0 spiro atoms. The second kappa shape index (κ2) is 6.23. The van der Waals surface area contributed by atoms with E-state index in [1.54, 1.807) is 12.1 Å². The summed E-state index contributed by atoms with van der Waals surface area (Å²) in [5.41, 5.74) is 1.23. The molecule has 20 heavy (non-hydrogen) atoms. The van der Waals surface area contributed by atoms with Crippen molar-refractivity contribution in [3.8, 4) is 0 Å². The lowest BCUT2D eigenvalue weighted by Crippen LogP contribution is -2.45. The Hall–Kier alpha value is -0.930. The highest BCUT2D eigenvalue weighted by Gasteiger charge is 2.34. The third-order valence-electron chi connectivity index (χ3n) is 4.71. The predicted octanol–water partition coefficient (Wildman–Crippen LogP) is 3.49. The van der Waals surface area contributed by atoms with Crippen molar-refractivity contribution in [2.24, 2.45) is 0 Å². The maximum absolute atomic E-state index is 13.1. The first kappa shape index (κ1) is 14.0. The van der Waals surface area contributed by atoms with Crippen LogP contribution in [0.5, 0.6) is 0 Å². The third-order valence-corrected chi connectivity index (χ3v) is 4.71. The zero-order chi connectivity index (χ0) is 13.9. The van der Waals surface area contributed by atoms with Gasteiger partial charge in [0.1, 0.15) is 5.82 Å². The average Bonchev–Trinajstić information content (AvgIpc) is 3.30. The Bertz CT molecular complexity index is 421. The minimum Gasteiger partial charge on any atom is -0.313 e. The number of rotatable bonds is 5. The second-order valence-corrected chi connectivity index (χ2v) is 6.30. The molecule has 2 fully saturated rings. The Morgan fingerprint density at radius 1 is 1.20 bits per heavy atom. The summed E-state index contributed by atoms with van der Waals surface area (Å²) < 4.78 is 13.1. The Labute approximate surface area is 121 Å². The molecule has 1 saturated carbocycles. The van der Waals surface area contributed by atoms with Gasteiger partial charge in [0.2, 0.25) is 0 Å². The molecule has 0 bridgehead atoms. The van der Waals surface area contributed by atoms with Crippen LogP contribution in [-0.4, -0.2) is 30.1 Å². The van der Waals surface area contributed by atoms with Gasteiger partial charge in [0, 0.05) is 24.7 Å². The summed E-state index contributed by atoms with van der Waals surface area (Å²) in [7, 11) is 0. The fraction of sp³-hybridized carbons (Fsp3) is 0.647. The normalized spacial score (nSPS) is 24.9. The van der Waals surface area contributed by atoms with E-state index in [0.717, 1.165) is 19.1 Å². The van der Waals surface area contributed by atoms with Gasteiger partial charge in [-0.2, -0.15) is 0 Å². The van der Waals surface area contributed by atoms with Crippen molar-refractivity contribution in [1.82, 2.24) is 10.2 Å². The van der Waals surface area contributed by atoms with E-state index in [0.29, 0.717) is 12.1 Å². The molecule has 2 aliphatic rings. The minimum atomic E-state index is -0.145. The first-order valence-corrected chi connectivity index (χ1v) is 7.98. The smallest absolute Gasteiger partial charge is 0.123 e. The van der Waals surface area contributed by atoms with Crippen LogP contribution in [-0.2, 0) is 0 Å². The van der Waals surface area contributed by atoms with Crippen molar-refractivity contribution in [3.63, 3.8) is 0 Å². The number of benzene rings is 1. The van der Waals surface area contributed by atoms with Gasteiger partial charge < -0.3 is 5.32 Å². The van der Waals surface area contributed by atoms with Crippen LogP contribution in [0.15, 0.2) is 24.3 Å². The number of piperidine rings is 1. The molecule has 1 N–H and O–H groups in total. The van der Waals surface area contributed by atoms with Crippen LogP contribution in [0.1, 0.15) is 50.6 Å². The average molecular weight is 276 g/mol. The fourth-order valence-electron chi connectivity index (χ4n) is 3.30. The molecule has 3 rings (SSSR count). The topological polar surface area (TPSA) is 15.3 Å². The first-order valence-electron chi connectivity index (χ1n) is 7.98. The molecule has 110 valence electrons. The summed E-state index contributed by atoms with van der Waals surface area (Å²) in [5, 5.41) is 3.65. The number of hydrogen-bond donors (Lipinski definition) is 1. The van der Waals surface area contributed by atoms with E-state index in [9.17, 15) is 4.39 Å². The van der Waals surface area contributed by atoms with Crippen LogP contribution < -0.4 is 5.32 Å². The number of halogens is 1. The van der Waals surface area contributed by atoms with Crippen molar-refractivity contribution < 1.29 is 4.39 Å². The summed E-state index contributed by atoms with van der Waals surface area (Å²) in [5.74, 6) is -0.145.